The van der Waals surface area contributed by atoms with Crippen LogP contribution in [0.15, 0.2) is 24.3 Å². The van der Waals surface area contributed by atoms with Gasteiger partial charge in [0.2, 0.25) is 0 Å². The fourth-order valence-corrected chi connectivity index (χ4v) is 1.20. The van der Waals surface area contributed by atoms with E-state index in [-0.39, 0.29) is 0 Å². The molecule has 1 aromatic rings. The maximum Gasteiger partial charge on any atom is 0.405 e. The molecule has 0 fully saturated rings. The third-order valence-electron chi connectivity index (χ3n) is 2.10. The Morgan fingerprint density at radius 2 is 1.89 bits per heavy atom. The molecular formula is C11H13F3N2O2. The zero-order valence-corrected chi connectivity index (χ0v) is 9.58. The summed E-state index contributed by atoms with van der Waals surface area (Å²) in [5.41, 5.74) is 0.996. The topological polar surface area (TPSA) is 61.4 Å². The van der Waals surface area contributed by atoms with E-state index in [1.165, 1.54) is 12.1 Å². The van der Waals surface area contributed by atoms with Crippen molar-refractivity contribution in [1.29, 1.82) is 0 Å². The number of urea groups is 1. The van der Waals surface area contributed by atoms with Crippen LogP contribution in [0.5, 0.6) is 0 Å². The Kier molecular flexibility index (Phi) is 4.55. The van der Waals surface area contributed by atoms with E-state index in [0.717, 1.165) is 0 Å². The second-order valence-electron chi connectivity index (χ2n) is 3.72. The molecule has 1 unspecified atom stereocenters. The van der Waals surface area contributed by atoms with Crippen molar-refractivity contribution in [2.75, 3.05) is 11.9 Å². The van der Waals surface area contributed by atoms with Crippen LogP contribution in [0.4, 0.5) is 23.7 Å². The maximum atomic E-state index is 11.8. The summed E-state index contributed by atoms with van der Waals surface area (Å²) in [4.78, 5) is 11.1. The first-order valence-corrected chi connectivity index (χ1v) is 5.17. The number of aliphatic hydroxyl groups is 1. The van der Waals surface area contributed by atoms with Crippen molar-refractivity contribution < 1.29 is 23.1 Å². The zero-order valence-electron chi connectivity index (χ0n) is 9.58. The summed E-state index contributed by atoms with van der Waals surface area (Å²) in [6, 6.07) is 5.20. The highest BCUT2D eigenvalue weighted by molar-refractivity contribution is 5.89. The van der Waals surface area contributed by atoms with Gasteiger partial charge in [0.05, 0.1) is 6.10 Å². The van der Waals surface area contributed by atoms with Gasteiger partial charge >= 0.3 is 12.2 Å². The van der Waals surface area contributed by atoms with Gasteiger partial charge in [-0.15, -0.1) is 0 Å². The third-order valence-corrected chi connectivity index (χ3v) is 2.10. The summed E-state index contributed by atoms with van der Waals surface area (Å²) in [6.45, 7) is 0.197. The minimum atomic E-state index is -4.44. The maximum absolute atomic E-state index is 11.8. The van der Waals surface area contributed by atoms with Crippen LogP contribution in [0.1, 0.15) is 18.6 Å². The first kappa shape index (κ1) is 14.3. The Bertz CT molecular complexity index is 402. The Morgan fingerprint density at radius 1 is 1.33 bits per heavy atom. The minimum absolute atomic E-state index is 0.346. The van der Waals surface area contributed by atoms with Gasteiger partial charge in [0.1, 0.15) is 6.54 Å². The fourth-order valence-electron chi connectivity index (χ4n) is 1.20. The molecule has 2 amide bonds. The molecule has 3 N–H and O–H groups in total. The smallest absolute Gasteiger partial charge is 0.389 e. The van der Waals surface area contributed by atoms with Gasteiger partial charge in [-0.25, -0.2) is 4.79 Å². The molecule has 0 heterocycles. The molecule has 4 nitrogen and oxygen atoms in total. The molecular weight excluding hydrogens is 249 g/mol. The monoisotopic (exact) mass is 262 g/mol. The molecule has 0 radical (unpaired) electrons. The summed E-state index contributed by atoms with van der Waals surface area (Å²) < 4.78 is 35.5. The van der Waals surface area contributed by atoms with Gasteiger partial charge in [-0.1, -0.05) is 12.1 Å². The molecule has 100 valence electrons. The summed E-state index contributed by atoms with van der Waals surface area (Å²) >= 11 is 0. The number of rotatable bonds is 3. The highest BCUT2D eigenvalue weighted by Crippen LogP contribution is 2.16. The highest BCUT2D eigenvalue weighted by Gasteiger charge is 2.27. The van der Waals surface area contributed by atoms with Crippen molar-refractivity contribution in [3.05, 3.63) is 29.8 Å². The number of carbonyl (C=O) groups excluding carboxylic acids is 1. The van der Waals surface area contributed by atoms with E-state index in [2.05, 4.69) is 5.32 Å². The van der Waals surface area contributed by atoms with Crippen molar-refractivity contribution in [2.24, 2.45) is 0 Å². The Hall–Kier alpha value is -1.76. The summed E-state index contributed by atoms with van der Waals surface area (Å²) in [7, 11) is 0. The lowest BCUT2D eigenvalue weighted by atomic mass is 10.1. The van der Waals surface area contributed by atoms with Crippen LogP contribution < -0.4 is 10.6 Å². The fraction of sp³-hybridized carbons (Fsp3) is 0.364. The first-order valence-electron chi connectivity index (χ1n) is 5.17. The number of carbonyl (C=O) groups is 1. The molecule has 0 bridgehead atoms. The average Bonchev–Trinajstić information content (AvgIpc) is 2.26. The molecule has 1 atom stereocenters. The summed E-state index contributed by atoms with van der Waals surface area (Å²) in [5.74, 6) is 0. The molecule has 0 aliphatic carbocycles. The van der Waals surface area contributed by atoms with Gasteiger partial charge in [0.25, 0.3) is 0 Å². The summed E-state index contributed by atoms with van der Waals surface area (Å²) in [6.07, 6.45) is -5.08. The molecule has 0 spiro atoms. The zero-order chi connectivity index (χ0) is 13.8. The summed E-state index contributed by atoms with van der Waals surface area (Å²) in [5, 5.41) is 13.2. The number of alkyl halides is 3. The number of aliphatic hydroxyl groups excluding tert-OH is 1. The second kappa shape index (κ2) is 5.72. The van der Waals surface area contributed by atoms with Crippen LogP contribution in [0.2, 0.25) is 0 Å². The van der Waals surface area contributed by atoms with Crippen LogP contribution in [0, 0.1) is 0 Å². The van der Waals surface area contributed by atoms with Gasteiger partial charge < -0.3 is 15.7 Å². The molecule has 0 aromatic heterocycles. The van der Waals surface area contributed by atoms with E-state index in [9.17, 15) is 23.1 Å². The number of benzene rings is 1. The van der Waals surface area contributed by atoms with Gasteiger partial charge in [-0.05, 0) is 24.6 Å². The normalized spacial score (nSPS) is 12.9. The quantitative estimate of drug-likeness (QED) is 0.783. The predicted octanol–water partition coefficient (Wildman–Crippen LogP) is 2.42. The minimum Gasteiger partial charge on any atom is -0.389 e. The number of anilines is 1. The Morgan fingerprint density at radius 3 is 2.33 bits per heavy atom. The van der Waals surface area contributed by atoms with Crippen LogP contribution in [0.25, 0.3) is 0 Å². The molecule has 18 heavy (non-hydrogen) atoms. The lowest BCUT2D eigenvalue weighted by Gasteiger charge is -2.10. The first-order chi connectivity index (χ1) is 8.28. The molecule has 0 aliphatic rings. The lowest BCUT2D eigenvalue weighted by Crippen LogP contribution is -2.36. The van der Waals surface area contributed by atoms with E-state index in [4.69, 9.17) is 0 Å². The number of amides is 2. The number of hydrogen-bond donors (Lipinski definition) is 3. The SMILES string of the molecule is CC(O)c1ccc(NC(=O)NCC(F)(F)F)cc1. The Labute approximate surface area is 102 Å². The average molecular weight is 262 g/mol. The van der Waals surface area contributed by atoms with E-state index in [0.29, 0.717) is 11.3 Å². The standard InChI is InChI=1S/C11H13F3N2O2/c1-7(17)8-2-4-9(5-3-8)16-10(18)15-6-11(12,13)14/h2-5,7,17H,6H2,1H3,(H2,15,16,18). The van der Waals surface area contributed by atoms with Gasteiger partial charge in [-0.2, -0.15) is 13.2 Å². The van der Waals surface area contributed by atoms with E-state index >= 15 is 0 Å². The van der Waals surface area contributed by atoms with Crippen molar-refractivity contribution in [3.63, 3.8) is 0 Å². The van der Waals surface area contributed by atoms with Crippen molar-refractivity contribution in [1.82, 2.24) is 5.32 Å². The molecule has 0 saturated carbocycles. The van der Waals surface area contributed by atoms with Gasteiger partial charge in [-0.3, -0.25) is 0 Å². The van der Waals surface area contributed by atoms with Crippen LogP contribution >= 0.6 is 0 Å². The van der Waals surface area contributed by atoms with Crippen LogP contribution in [0.3, 0.4) is 0 Å². The number of nitrogens with one attached hydrogen (secondary N) is 2. The molecule has 7 heteroatoms. The van der Waals surface area contributed by atoms with Crippen molar-refractivity contribution in [2.45, 2.75) is 19.2 Å². The van der Waals surface area contributed by atoms with Crippen molar-refractivity contribution in [3.8, 4) is 0 Å². The molecule has 1 aromatic carbocycles. The van der Waals surface area contributed by atoms with E-state index in [1.54, 1.807) is 24.4 Å². The van der Waals surface area contributed by atoms with Crippen molar-refractivity contribution >= 4 is 11.7 Å². The lowest BCUT2D eigenvalue weighted by molar-refractivity contribution is -0.122. The van der Waals surface area contributed by atoms with Gasteiger partial charge in [0.15, 0.2) is 0 Å². The van der Waals surface area contributed by atoms with Crippen LogP contribution in [-0.4, -0.2) is 23.9 Å². The molecule has 0 saturated heterocycles. The Balaban J connectivity index is 2.50. The predicted molar refractivity (Wildman–Crippen MR) is 60.2 cm³/mol. The highest BCUT2D eigenvalue weighted by atomic mass is 19.4. The second-order valence-corrected chi connectivity index (χ2v) is 3.72. The molecule has 1 rings (SSSR count). The molecule has 0 aliphatic heterocycles. The van der Waals surface area contributed by atoms with Gasteiger partial charge in [0, 0.05) is 5.69 Å². The van der Waals surface area contributed by atoms with E-state index < -0.39 is 24.9 Å². The number of hydrogen-bond acceptors (Lipinski definition) is 2. The largest absolute Gasteiger partial charge is 0.405 e. The third kappa shape index (κ3) is 5.05. The number of halogens is 3. The van der Waals surface area contributed by atoms with E-state index in [1.807, 2.05) is 0 Å². The van der Waals surface area contributed by atoms with Crippen LogP contribution in [-0.2, 0) is 0 Å².